The van der Waals surface area contributed by atoms with Crippen molar-refractivity contribution in [3.8, 4) is 5.75 Å². The Balaban J connectivity index is 1.95. The summed E-state index contributed by atoms with van der Waals surface area (Å²) in [5.41, 5.74) is 0.481. The Labute approximate surface area is 147 Å². The van der Waals surface area contributed by atoms with Gasteiger partial charge in [0, 0.05) is 6.54 Å². The van der Waals surface area contributed by atoms with Gasteiger partial charge in [-0.1, -0.05) is 18.2 Å². The summed E-state index contributed by atoms with van der Waals surface area (Å²) in [4.78, 5) is 0.364. The average molecular weight is 364 g/mol. The molecule has 3 rings (SSSR count). The maximum Gasteiger partial charge on any atom is 0.206 e. The quantitative estimate of drug-likeness (QED) is 0.854. The van der Waals surface area contributed by atoms with Gasteiger partial charge in [-0.25, -0.2) is 12.8 Å². The van der Waals surface area contributed by atoms with E-state index in [0.29, 0.717) is 24.4 Å². The first-order chi connectivity index (χ1) is 12.0. The van der Waals surface area contributed by atoms with Crippen LogP contribution in [0.5, 0.6) is 5.75 Å². The van der Waals surface area contributed by atoms with Crippen LogP contribution in [0.2, 0.25) is 0 Å². The summed E-state index contributed by atoms with van der Waals surface area (Å²) < 4.78 is 45.0. The molecule has 0 radical (unpaired) electrons. The largest absolute Gasteiger partial charge is 0.495 e. The summed E-state index contributed by atoms with van der Waals surface area (Å²) in [6.45, 7) is 0.990. The van der Waals surface area contributed by atoms with E-state index >= 15 is 0 Å². The predicted molar refractivity (Wildman–Crippen MR) is 94.7 cm³/mol. The minimum atomic E-state index is -3.64. The number of sulfone groups is 1. The van der Waals surface area contributed by atoms with Gasteiger partial charge < -0.3 is 15.4 Å². The van der Waals surface area contributed by atoms with Gasteiger partial charge >= 0.3 is 0 Å². The maximum atomic E-state index is 14.1. The van der Waals surface area contributed by atoms with Crippen LogP contribution in [0.25, 0.3) is 0 Å². The fourth-order valence-corrected chi connectivity index (χ4v) is 4.19. The monoisotopic (exact) mass is 364 g/mol. The molecule has 2 aromatic carbocycles. The van der Waals surface area contributed by atoms with Gasteiger partial charge in [-0.15, -0.1) is 0 Å². The van der Waals surface area contributed by atoms with Crippen LogP contribution in [0.3, 0.4) is 0 Å². The number of alkyl halides is 1. The van der Waals surface area contributed by atoms with Crippen molar-refractivity contribution in [3.63, 3.8) is 0 Å². The molecule has 0 aliphatic carbocycles. The van der Waals surface area contributed by atoms with E-state index < -0.39 is 16.0 Å². The molecule has 25 heavy (non-hydrogen) atoms. The lowest BCUT2D eigenvalue weighted by atomic mass is 10.0. The van der Waals surface area contributed by atoms with E-state index in [-0.39, 0.29) is 22.4 Å². The Morgan fingerprint density at radius 3 is 2.60 bits per heavy atom. The van der Waals surface area contributed by atoms with Crippen LogP contribution < -0.4 is 15.4 Å². The lowest BCUT2D eigenvalue weighted by Crippen LogP contribution is -2.45. The fraction of sp³-hybridized carbons (Fsp3) is 0.333. The molecule has 0 saturated carbocycles. The third-order valence-corrected chi connectivity index (χ3v) is 6.05. The molecule has 1 fully saturated rings. The highest BCUT2D eigenvalue weighted by molar-refractivity contribution is 7.91. The zero-order valence-corrected chi connectivity index (χ0v) is 14.7. The molecule has 2 atom stereocenters. The summed E-state index contributed by atoms with van der Waals surface area (Å²) >= 11 is 0. The Bertz CT molecular complexity index is 827. The van der Waals surface area contributed by atoms with Crippen molar-refractivity contribution in [2.45, 2.75) is 28.4 Å². The topological polar surface area (TPSA) is 67.4 Å². The van der Waals surface area contributed by atoms with Crippen molar-refractivity contribution in [1.82, 2.24) is 5.32 Å². The number of hydrogen-bond acceptors (Lipinski definition) is 5. The van der Waals surface area contributed by atoms with Crippen LogP contribution in [-0.4, -0.2) is 40.8 Å². The van der Waals surface area contributed by atoms with E-state index in [1.807, 2.05) is 0 Å². The summed E-state index contributed by atoms with van der Waals surface area (Å²) in [5, 5.41) is 6.10. The summed E-state index contributed by atoms with van der Waals surface area (Å²) in [6.07, 6.45) is -0.437. The summed E-state index contributed by atoms with van der Waals surface area (Å²) in [6, 6.07) is 12.4. The molecule has 2 aromatic rings. The molecule has 0 amide bonds. The van der Waals surface area contributed by atoms with E-state index in [1.165, 1.54) is 19.2 Å². The molecule has 2 unspecified atom stereocenters. The van der Waals surface area contributed by atoms with E-state index in [2.05, 4.69) is 10.6 Å². The molecule has 0 bridgehead atoms. The first-order valence-corrected chi connectivity index (χ1v) is 9.60. The van der Waals surface area contributed by atoms with Gasteiger partial charge in [-0.3, -0.25) is 0 Å². The van der Waals surface area contributed by atoms with E-state index in [4.69, 9.17) is 4.74 Å². The standard InChI is InChI=1S/C18H21FN2O3S/c1-24-18-8-7-14(25(22,23)13-5-3-2-4-6-13)11-17(18)21-16-9-10-20-12-15(16)19/h2-8,11,15-16,20-21H,9-10,12H2,1H3. The number of benzene rings is 2. The van der Waals surface area contributed by atoms with Gasteiger partial charge in [0.15, 0.2) is 0 Å². The van der Waals surface area contributed by atoms with E-state index in [9.17, 15) is 12.8 Å². The van der Waals surface area contributed by atoms with Crippen LogP contribution in [0.1, 0.15) is 6.42 Å². The highest BCUT2D eigenvalue weighted by Crippen LogP contribution is 2.31. The minimum Gasteiger partial charge on any atom is -0.495 e. The molecule has 7 heteroatoms. The third kappa shape index (κ3) is 3.77. The highest BCUT2D eigenvalue weighted by atomic mass is 32.2. The molecule has 5 nitrogen and oxygen atoms in total. The molecule has 0 aromatic heterocycles. The van der Waals surface area contributed by atoms with Crippen LogP contribution in [0, 0.1) is 0 Å². The van der Waals surface area contributed by atoms with Gasteiger partial charge in [0.1, 0.15) is 11.9 Å². The molecular formula is C18H21FN2O3S. The van der Waals surface area contributed by atoms with Gasteiger partial charge in [0.25, 0.3) is 0 Å². The molecule has 2 N–H and O–H groups in total. The Kier molecular flexibility index (Phi) is 5.24. The molecule has 1 heterocycles. The molecule has 1 aliphatic heterocycles. The minimum absolute atomic E-state index is 0.145. The number of anilines is 1. The zero-order valence-electron chi connectivity index (χ0n) is 13.9. The Hall–Kier alpha value is -2.12. The predicted octanol–water partition coefficient (Wildman–Crippen LogP) is 2.64. The second-order valence-electron chi connectivity index (χ2n) is 5.94. The molecule has 1 saturated heterocycles. The van der Waals surface area contributed by atoms with Gasteiger partial charge in [-0.05, 0) is 43.3 Å². The first-order valence-electron chi connectivity index (χ1n) is 8.12. The number of rotatable bonds is 5. The van der Waals surface area contributed by atoms with E-state index in [1.54, 1.807) is 36.4 Å². The van der Waals surface area contributed by atoms with Gasteiger partial charge in [-0.2, -0.15) is 0 Å². The van der Waals surface area contributed by atoms with Crippen molar-refractivity contribution in [2.75, 3.05) is 25.5 Å². The Morgan fingerprint density at radius 2 is 1.92 bits per heavy atom. The van der Waals surface area contributed by atoms with Crippen molar-refractivity contribution in [2.24, 2.45) is 0 Å². The SMILES string of the molecule is COc1ccc(S(=O)(=O)c2ccccc2)cc1NC1CCNCC1F. The van der Waals surface area contributed by atoms with Crippen molar-refractivity contribution in [1.29, 1.82) is 0 Å². The molecular weight excluding hydrogens is 343 g/mol. The first kappa shape index (κ1) is 17.7. The lowest BCUT2D eigenvalue weighted by molar-refractivity contribution is 0.244. The van der Waals surface area contributed by atoms with Crippen LogP contribution in [0.15, 0.2) is 58.3 Å². The smallest absolute Gasteiger partial charge is 0.206 e. The summed E-state index contributed by atoms with van der Waals surface area (Å²) in [7, 11) is -2.14. The second-order valence-corrected chi connectivity index (χ2v) is 7.89. The van der Waals surface area contributed by atoms with Crippen molar-refractivity contribution >= 4 is 15.5 Å². The second kappa shape index (κ2) is 7.41. The summed E-state index contributed by atoms with van der Waals surface area (Å²) in [5.74, 6) is 0.484. The number of methoxy groups -OCH3 is 1. The number of hydrogen-bond donors (Lipinski definition) is 2. The molecule has 134 valence electrons. The van der Waals surface area contributed by atoms with Crippen LogP contribution >= 0.6 is 0 Å². The molecule has 0 spiro atoms. The van der Waals surface area contributed by atoms with Gasteiger partial charge in [0.2, 0.25) is 9.84 Å². The van der Waals surface area contributed by atoms with Crippen molar-refractivity contribution < 1.29 is 17.5 Å². The highest BCUT2D eigenvalue weighted by Gasteiger charge is 2.26. The third-order valence-electron chi connectivity index (χ3n) is 4.28. The number of piperidine rings is 1. The number of nitrogens with one attached hydrogen (secondary N) is 2. The van der Waals surface area contributed by atoms with E-state index in [0.717, 1.165) is 0 Å². The lowest BCUT2D eigenvalue weighted by Gasteiger charge is -2.29. The maximum absolute atomic E-state index is 14.1. The average Bonchev–Trinajstić information content (AvgIpc) is 2.64. The Morgan fingerprint density at radius 1 is 1.16 bits per heavy atom. The van der Waals surface area contributed by atoms with Crippen LogP contribution in [-0.2, 0) is 9.84 Å². The van der Waals surface area contributed by atoms with Crippen molar-refractivity contribution in [3.05, 3.63) is 48.5 Å². The van der Waals surface area contributed by atoms with Crippen LogP contribution in [0.4, 0.5) is 10.1 Å². The fourth-order valence-electron chi connectivity index (χ4n) is 2.89. The number of ether oxygens (including phenoxy) is 1. The molecule has 1 aliphatic rings. The zero-order chi connectivity index (χ0) is 17.9. The normalized spacial score (nSPS) is 20.9. The number of halogens is 1. The van der Waals surface area contributed by atoms with Gasteiger partial charge in [0.05, 0.1) is 28.6 Å².